The molecule has 0 aliphatic carbocycles. The summed E-state index contributed by atoms with van der Waals surface area (Å²) in [6.07, 6.45) is 2.08. The van der Waals surface area contributed by atoms with Crippen LogP contribution in [0.25, 0.3) is 11.1 Å². The number of aliphatic imine (C=N–C) groups is 2. The van der Waals surface area contributed by atoms with Gasteiger partial charge >= 0.3 is 0 Å². The van der Waals surface area contributed by atoms with Crippen molar-refractivity contribution < 1.29 is 4.42 Å². The van der Waals surface area contributed by atoms with Gasteiger partial charge in [0, 0.05) is 48.3 Å². The maximum Gasteiger partial charge on any atom is 0.192 e. The molecule has 9 rings (SSSR count). The third kappa shape index (κ3) is 13.4. The van der Waals surface area contributed by atoms with Crippen LogP contribution in [0.5, 0.6) is 0 Å². The molecule has 7 aromatic rings. The molecule has 0 saturated carbocycles. The SMILES string of the molecule is CC.CC.CC.CC1=Nc2ccccc2C1.CC1=Nc2ccccc2C1.Cc1nc2ccccc2o1.c1ccc(N(c2ccccc2)c2ccccc2)cc1. The first-order valence-electron chi connectivity index (χ1n) is 19.5. The van der Waals surface area contributed by atoms with Crippen molar-refractivity contribution in [1.29, 1.82) is 0 Å². The molecule has 2 aliphatic rings. The Labute approximate surface area is 330 Å². The molecule has 1 aromatic heterocycles. The molecular weight excluding hydrogens is 673 g/mol. The third-order valence-electron chi connectivity index (χ3n) is 7.94. The number of benzene rings is 6. The largest absolute Gasteiger partial charge is 0.441 e. The number of nitrogens with zero attached hydrogens (tertiary/aromatic N) is 4. The van der Waals surface area contributed by atoms with Crippen molar-refractivity contribution in [3.63, 3.8) is 0 Å². The van der Waals surface area contributed by atoms with E-state index in [0.717, 1.165) is 41.2 Å². The molecule has 0 amide bonds. The Morgan fingerprint density at radius 1 is 0.418 bits per heavy atom. The summed E-state index contributed by atoms with van der Waals surface area (Å²) >= 11 is 0. The van der Waals surface area contributed by atoms with E-state index in [9.17, 15) is 0 Å². The number of hydrogen-bond acceptors (Lipinski definition) is 5. The Hall–Kier alpha value is -6.07. The van der Waals surface area contributed by atoms with Gasteiger partial charge in [0.1, 0.15) is 5.52 Å². The van der Waals surface area contributed by atoms with Crippen LogP contribution in [0.1, 0.15) is 72.4 Å². The first-order chi connectivity index (χ1) is 27.0. The Bertz CT molecular complexity index is 1960. The van der Waals surface area contributed by atoms with Gasteiger partial charge in [-0.2, -0.15) is 0 Å². The van der Waals surface area contributed by atoms with Gasteiger partial charge in [-0.3, -0.25) is 9.98 Å². The minimum Gasteiger partial charge on any atom is -0.441 e. The van der Waals surface area contributed by atoms with E-state index >= 15 is 0 Å². The van der Waals surface area contributed by atoms with Crippen molar-refractivity contribution in [2.75, 3.05) is 4.90 Å². The smallest absolute Gasteiger partial charge is 0.192 e. The summed E-state index contributed by atoms with van der Waals surface area (Å²) in [4.78, 5) is 15.1. The molecule has 0 N–H and O–H groups in total. The number of hydrogen-bond donors (Lipinski definition) is 0. The minimum absolute atomic E-state index is 0.723. The summed E-state index contributed by atoms with van der Waals surface area (Å²) < 4.78 is 5.26. The Kier molecular flexibility index (Phi) is 19.1. The lowest BCUT2D eigenvalue weighted by atomic mass is 10.1. The average molecular weight is 731 g/mol. The third-order valence-corrected chi connectivity index (χ3v) is 7.94. The lowest BCUT2D eigenvalue weighted by Crippen LogP contribution is -2.09. The van der Waals surface area contributed by atoms with Crippen molar-refractivity contribution in [2.24, 2.45) is 9.98 Å². The van der Waals surface area contributed by atoms with E-state index in [0.29, 0.717) is 0 Å². The van der Waals surface area contributed by atoms with Crippen LogP contribution >= 0.6 is 0 Å². The topological polar surface area (TPSA) is 54.0 Å². The molecule has 5 heteroatoms. The summed E-state index contributed by atoms with van der Waals surface area (Å²) in [5.74, 6) is 0.723. The van der Waals surface area contributed by atoms with Crippen LogP contribution in [0.4, 0.5) is 28.4 Å². The molecule has 5 nitrogen and oxygen atoms in total. The zero-order chi connectivity index (χ0) is 39.8. The zero-order valence-corrected chi connectivity index (χ0v) is 34.2. The maximum atomic E-state index is 5.26. The Morgan fingerprint density at radius 3 is 1.15 bits per heavy atom. The van der Waals surface area contributed by atoms with Gasteiger partial charge in [-0.05, 0) is 85.6 Å². The van der Waals surface area contributed by atoms with E-state index in [4.69, 9.17) is 4.42 Å². The Balaban J connectivity index is 0.000000196. The molecule has 0 atom stereocenters. The maximum absolute atomic E-state index is 5.26. The Morgan fingerprint density at radius 2 is 0.764 bits per heavy atom. The molecular formula is C50H58N4O. The van der Waals surface area contributed by atoms with E-state index in [1.54, 1.807) is 0 Å². The van der Waals surface area contributed by atoms with Gasteiger partial charge in [-0.1, -0.05) is 145 Å². The monoisotopic (exact) mass is 730 g/mol. The average Bonchev–Trinajstić information content (AvgIpc) is 3.96. The highest BCUT2D eigenvalue weighted by atomic mass is 16.3. The summed E-state index contributed by atoms with van der Waals surface area (Å²) in [6, 6.07) is 55.6. The predicted molar refractivity (Wildman–Crippen MR) is 240 cm³/mol. The molecule has 6 aromatic carbocycles. The van der Waals surface area contributed by atoms with Gasteiger partial charge in [0.15, 0.2) is 11.5 Å². The highest BCUT2D eigenvalue weighted by molar-refractivity contribution is 5.92. The van der Waals surface area contributed by atoms with E-state index < -0.39 is 0 Å². The van der Waals surface area contributed by atoms with Crippen LogP contribution in [-0.4, -0.2) is 16.4 Å². The number of fused-ring (bicyclic) bond motifs is 3. The van der Waals surface area contributed by atoms with Crippen molar-refractivity contribution in [3.8, 4) is 0 Å². The molecule has 2 aliphatic heterocycles. The molecule has 0 spiro atoms. The van der Waals surface area contributed by atoms with Crippen molar-refractivity contribution in [3.05, 3.63) is 181 Å². The molecule has 0 saturated heterocycles. The first-order valence-corrected chi connectivity index (χ1v) is 19.5. The van der Waals surface area contributed by atoms with Crippen molar-refractivity contribution in [1.82, 2.24) is 4.98 Å². The summed E-state index contributed by atoms with van der Waals surface area (Å²) in [6.45, 7) is 18.0. The van der Waals surface area contributed by atoms with E-state index in [-0.39, 0.29) is 0 Å². The van der Waals surface area contributed by atoms with E-state index in [2.05, 4.69) is 143 Å². The lowest BCUT2D eigenvalue weighted by molar-refractivity contribution is 0.561. The number of aromatic nitrogens is 1. The highest BCUT2D eigenvalue weighted by Gasteiger charge is 2.11. The number of anilines is 3. The van der Waals surface area contributed by atoms with E-state index in [1.807, 2.05) is 103 Å². The van der Waals surface area contributed by atoms with Gasteiger partial charge in [0.05, 0.1) is 11.4 Å². The van der Waals surface area contributed by atoms with Crippen LogP contribution < -0.4 is 4.90 Å². The van der Waals surface area contributed by atoms with Crippen molar-refractivity contribution >= 4 is 51.0 Å². The molecule has 3 heterocycles. The first kappa shape index (κ1) is 43.3. The fraction of sp³-hybridized carbons (Fsp3) is 0.220. The summed E-state index contributed by atoms with van der Waals surface area (Å²) in [5.41, 5.74) is 12.8. The zero-order valence-electron chi connectivity index (χ0n) is 34.2. The van der Waals surface area contributed by atoms with Gasteiger partial charge in [0.2, 0.25) is 0 Å². The van der Waals surface area contributed by atoms with Gasteiger partial charge < -0.3 is 9.32 Å². The second-order valence-corrected chi connectivity index (χ2v) is 11.8. The fourth-order valence-electron chi connectivity index (χ4n) is 5.75. The molecule has 0 unspecified atom stereocenters. The van der Waals surface area contributed by atoms with Crippen LogP contribution in [-0.2, 0) is 12.8 Å². The van der Waals surface area contributed by atoms with E-state index in [1.165, 1.54) is 39.6 Å². The molecule has 55 heavy (non-hydrogen) atoms. The number of aryl methyl sites for hydroxylation is 1. The highest BCUT2D eigenvalue weighted by Crippen LogP contribution is 2.33. The van der Waals surface area contributed by atoms with Crippen molar-refractivity contribution in [2.45, 2.75) is 75.2 Å². The number of rotatable bonds is 3. The lowest BCUT2D eigenvalue weighted by Gasteiger charge is -2.25. The van der Waals surface area contributed by atoms with Gasteiger partial charge in [-0.15, -0.1) is 0 Å². The van der Waals surface area contributed by atoms with Crippen LogP contribution in [0.3, 0.4) is 0 Å². The van der Waals surface area contributed by atoms with Crippen LogP contribution in [0.2, 0.25) is 0 Å². The summed E-state index contributed by atoms with van der Waals surface area (Å²) in [5, 5.41) is 0. The second-order valence-electron chi connectivity index (χ2n) is 11.8. The standard InChI is InChI=1S/C18H15N.2C9H9N.C8H7NO.3C2H6/c1-4-10-16(11-5-1)19(17-12-6-2-7-13-17)18-14-8-3-9-15-18;2*1-7-6-8-4-2-3-5-9(8)10-7;1-6-9-7-4-2-3-5-8(7)10-6;3*1-2/h1-15H;2*2-5H,6H2,1H3;2-5H,1H3;3*1-2H3. The van der Waals surface area contributed by atoms with Gasteiger partial charge in [0.25, 0.3) is 0 Å². The molecule has 0 radical (unpaired) electrons. The predicted octanol–water partition coefficient (Wildman–Crippen LogP) is 15.0. The van der Waals surface area contributed by atoms with Crippen LogP contribution in [0, 0.1) is 6.92 Å². The molecule has 0 fully saturated rings. The number of oxazole rings is 1. The van der Waals surface area contributed by atoms with Gasteiger partial charge in [-0.25, -0.2) is 4.98 Å². The summed E-state index contributed by atoms with van der Waals surface area (Å²) in [7, 11) is 0. The quantitative estimate of drug-likeness (QED) is 0.182. The molecule has 284 valence electrons. The second kappa shape index (κ2) is 24.3. The normalized spacial score (nSPS) is 11.1. The molecule has 0 bridgehead atoms. The van der Waals surface area contributed by atoms with Crippen LogP contribution in [0.15, 0.2) is 178 Å². The fourth-order valence-corrected chi connectivity index (χ4v) is 5.75. The number of para-hydroxylation sites is 7. The minimum atomic E-state index is 0.723.